The summed E-state index contributed by atoms with van der Waals surface area (Å²) in [7, 11) is 0. The lowest BCUT2D eigenvalue weighted by Crippen LogP contribution is -2.33. The quantitative estimate of drug-likeness (QED) is 0.168. The summed E-state index contributed by atoms with van der Waals surface area (Å²) in [6.45, 7) is 4.47. The molecule has 296 valence electrons. The molecule has 0 bridgehead atoms. The summed E-state index contributed by atoms with van der Waals surface area (Å²) in [6.07, 6.45) is 0. The molecule has 1 aliphatic carbocycles. The van der Waals surface area contributed by atoms with Gasteiger partial charge in [0, 0.05) is 27.5 Å². The topological polar surface area (TPSA) is 8.17 Å². The van der Waals surface area contributed by atoms with Crippen LogP contribution >= 0.6 is 0 Å². The molecule has 1 spiro atoms. The van der Waals surface area contributed by atoms with Gasteiger partial charge in [-0.2, -0.15) is 0 Å². The maximum atomic E-state index is 2.56. The Labute approximate surface area is 367 Å². The van der Waals surface area contributed by atoms with Gasteiger partial charge in [0.25, 0.3) is 0 Å². The van der Waals surface area contributed by atoms with Crippen molar-refractivity contribution in [3.05, 3.63) is 252 Å². The van der Waals surface area contributed by atoms with Gasteiger partial charge in [0.2, 0.25) is 0 Å². The number of aromatic nitrogens is 1. The summed E-state index contributed by atoms with van der Waals surface area (Å²) in [5.74, 6) is 0. The Hall–Kier alpha value is -7.94. The van der Waals surface area contributed by atoms with Crippen LogP contribution in [0.5, 0.6) is 0 Å². The van der Waals surface area contributed by atoms with E-state index in [0.717, 1.165) is 17.1 Å². The van der Waals surface area contributed by atoms with Crippen LogP contribution in [0.3, 0.4) is 0 Å². The molecule has 0 amide bonds. The van der Waals surface area contributed by atoms with Crippen molar-refractivity contribution < 1.29 is 0 Å². The molecule has 2 heterocycles. The Morgan fingerprint density at radius 3 is 1.83 bits per heavy atom. The molecular formula is C61H42N2. The fraction of sp³-hybridized carbons (Fsp3) is 0.0492. The van der Waals surface area contributed by atoms with Gasteiger partial charge in [0.1, 0.15) is 0 Å². The van der Waals surface area contributed by atoms with E-state index in [0.29, 0.717) is 0 Å². The van der Waals surface area contributed by atoms with E-state index >= 15 is 0 Å². The van der Waals surface area contributed by atoms with Crippen molar-refractivity contribution in [1.82, 2.24) is 4.57 Å². The Morgan fingerprint density at radius 1 is 0.381 bits per heavy atom. The van der Waals surface area contributed by atoms with Gasteiger partial charge in [-0.3, -0.25) is 0 Å². The van der Waals surface area contributed by atoms with Gasteiger partial charge in [-0.25, -0.2) is 0 Å². The van der Waals surface area contributed by atoms with Gasteiger partial charge in [-0.1, -0.05) is 169 Å². The van der Waals surface area contributed by atoms with E-state index < -0.39 is 5.41 Å². The van der Waals surface area contributed by atoms with Crippen LogP contribution in [0.4, 0.5) is 17.1 Å². The van der Waals surface area contributed by atoms with E-state index in [1.807, 2.05) is 0 Å². The van der Waals surface area contributed by atoms with E-state index in [1.165, 1.54) is 105 Å². The Bertz CT molecular complexity index is 3600. The van der Waals surface area contributed by atoms with Crippen molar-refractivity contribution in [1.29, 1.82) is 0 Å². The summed E-state index contributed by atoms with van der Waals surface area (Å²) >= 11 is 0. The standard InChI is InChI=1S/C61H42N2/c1-39-26-32-58-51(34-39)52-35-40(2)36-56-60(52)63(58)59-33-29-45(38-55(59)61(56)53-23-10-8-21-49(53)50-22-9-11-24-54(50)61)42-27-30-46(31-28-42)62(57-25-13-17-43-16-6-7-20-48(43)57)47-19-12-18-44(37-47)41-14-4-3-5-15-41/h3-38H,1-2H3. The summed E-state index contributed by atoms with van der Waals surface area (Å²) in [4.78, 5) is 2.41. The van der Waals surface area contributed by atoms with Crippen molar-refractivity contribution in [2.45, 2.75) is 19.3 Å². The first-order valence-electron chi connectivity index (χ1n) is 22.0. The Morgan fingerprint density at radius 2 is 1.02 bits per heavy atom. The zero-order valence-electron chi connectivity index (χ0n) is 35.2. The lowest BCUT2D eigenvalue weighted by atomic mass is 9.65. The third-order valence-corrected chi connectivity index (χ3v) is 13.8. The number of hydrogen-bond acceptors (Lipinski definition) is 1. The van der Waals surface area contributed by atoms with E-state index in [1.54, 1.807) is 0 Å². The van der Waals surface area contributed by atoms with E-state index in [2.05, 4.69) is 242 Å². The minimum atomic E-state index is -0.503. The van der Waals surface area contributed by atoms with E-state index in [-0.39, 0.29) is 0 Å². The van der Waals surface area contributed by atoms with Gasteiger partial charge in [0.05, 0.1) is 27.8 Å². The smallest absolute Gasteiger partial charge is 0.0754 e. The van der Waals surface area contributed by atoms with Crippen molar-refractivity contribution in [2.75, 3.05) is 4.90 Å². The number of nitrogens with zero attached hydrogens (tertiary/aromatic N) is 2. The fourth-order valence-electron chi connectivity index (χ4n) is 11.2. The molecule has 0 radical (unpaired) electrons. The molecule has 0 atom stereocenters. The van der Waals surface area contributed by atoms with Crippen molar-refractivity contribution in [3.63, 3.8) is 0 Å². The molecule has 63 heavy (non-hydrogen) atoms. The monoisotopic (exact) mass is 802 g/mol. The van der Waals surface area contributed by atoms with E-state index in [4.69, 9.17) is 0 Å². The highest BCUT2D eigenvalue weighted by Crippen LogP contribution is 2.61. The number of anilines is 3. The molecule has 0 fully saturated rings. The van der Waals surface area contributed by atoms with Gasteiger partial charge in [-0.15, -0.1) is 0 Å². The summed E-state index contributed by atoms with van der Waals surface area (Å²) in [6, 6.07) is 81.4. The third-order valence-electron chi connectivity index (χ3n) is 13.8. The summed E-state index contributed by atoms with van der Waals surface area (Å²) < 4.78 is 2.56. The normalized spacial score (nSPS) is 13.0. The van der Waals surface area contributed by atoms with Gasteiger partial charge in [0.15, 0.2) is 0 Å². The maximum Gasteiger partial charge on any atom is 0.0754 e. The molecule has 13 rings (SSSR count). The number of fused-ring (bicyclic) bond motifs is 13. The van der Waals surface area contributed by atoms with E-state index in [9.17, 15) is 0 Å². The predicted molar refractivity (Wildman–Crippen MR) is 264 cm³/mol. The van der Waals surface area contributed by atoms with Crippen LogP contribution in [0, 0.1) is 13.8 Å². The molecule has 1 aromatic heterocycles. The first-order valence-corrected chi connectivity index (χ1v) is 22.0. The minimum absolute atomic E-state index is 0.503. The Kier molecular flexibility index (Phi) is 7.68. The molecule has 2 heteroatoms. The molecule has 0 saturated carbocycles. The molecular weight excluding hydrogens is 761 g/mol. The van der Waals surface area contributed by atoms with Crippen LogP contribution in [-0.2, 0) is 5.41 Å². The SMILES string of the molecule is Cc1ccc2c(c1)c1cc(C)cc3c1n2-c1ccc(-c2ccc(N(c4cccc(-c5ccccc5)c4)c4cccc5ccccc45)cc2)cc1C31c2ccccc2-c2ccccc21. The zero-order valence-corrected chi connectivity index (χ0v) is 35.2. The molecule has 0 N–H and O–H groups in total. The second-order valence-corrected chi connectivity index (χ2v) is 17.4. The first kappa shape index (κ1) is 35.8. The molecule has 1 aliphatic heterocycles. The van der Waals surface area contributed by atoms with Gasteiger partial charge >= 0.3 is 0 Å². The van der Waals surface area contributed by atoms with Crippen LogP contribution in [0.25, 0.3) is 71.6 Å². The van der Waals surface area contributed by atoms with Crippen molar-refractivity contribution in [3.8, 4) is 39.1 Å². The summed E-state index contributed by atoms with van der Waals surface area (Å²) in [5, 5.41) is 5.06. The van der Waals surface area contributed by atoms with Crippen LogP contribution in [0.1, 0.15) is 33.4 Å². The average Bonchev–Trinajstić information content (AvgIpc) is 3.81. The molecule has 2 aliphatic rings. The van der Waals surface area contributed by atoms with Crippen LogP contribution in [0.15, 0.2) is 218 Å². The highest BCUT2D eigenvalue weighted by Gasteiger charge is 2.51. The van der Waals surface area contributed by atoms with Crippen LogP contribution in [0.2, 0.25) is 0 Å². The zero-order chi connectivity index (χ0) is 41.8. The molecule has 10 aromatic carbocycles. The molecule has 0 unspecified atom stereocenters. The highest BCUT2D eigenvalue weighted by atomic mass is 15.1. The van der Waals surface area contributed by atoms with Gasteiger partial charge < -0.3 is 9.47 Å². The second-order valence-electron chi connectivity index (χ2n) is 17.4. The highest BCUT2D eigenvalue weighted by molar-refractivity contribution is 6.13. The Balaban J connectivity index is 1.03. The number of benzene rings is 10. The second kappa shape index (κ2) is 13.5. The lowest BCUT2D eigenvalue weighted by molar-refractivity contribution is 0.748. The lowest BCUT2D eigenvalue weighted by Gasteiger charge is -2.40. The predicted octanol–water partition coefficient (Wildman–Crippen LogP) is 16.0. The molecule has 0 saturated heterocycles. The minimum Gasteiger partial charge on any atom is -0.310 e. The largest absolute Gasteiger partial charge is 0.310 e. The van der Waals surface area contributed by atoms with Crippen LogP contribution < -0.4 is 4.90 Å². The number of hydrogen-bond donors (Lipinski definition) is 0. The van der Waals surface area contributed by atoms with Crippen LogP contribution in [-0.4, -0.2) is 4.57 Å². The fourth-order valence-corrected chi connectivity index (χ4v) is 11.2. The third kappa shape index (κ3) is 5.13. The maximum absolute atomic E-state index is 2.56. The average molecular weight is 803 g/mol. The van der Waals surface area contributed by atoms with Gasteiger partial charge in [-0.05, 0) is 136 Å². The van der Waals surface area contributed by atoms with Crippen molar-refractivity contribution >= 4 is 49.6 Å². The summed E-state index contributed by atoms with van der Waals surface area (Å²) in [5.41, 5.74) is 22.0. The first-order chi connectivity index (χ1) is 31.1. The number of rotatable bonds is 5. The number of aryl methyl sites for hydroxylation is 2. The molecule has 11 aromatic rings. The van der Waals surface area contributed by atoms with Crippen molar-refractivity contribution in [2.24, 2.45) is 0 Å². The molecule has 2 nitrogen and oxygen atoms in total.